The first-order valence-electron chi connectivity index (χ1n) is 7.32. The Morgan fingerprint density at radius 1 is 1.42 bits per heavy atom. The Hall–Kier alpha value is -0.570. The number of halogens is 1. The van der Waals surface area contributed by atoms with E-state index in [0.29, 0.717) is 12.1 Å². The second kappa shape index (κ2) is 6.74. The van der Waals surface area contributed by atoms with E-state index in [1.165, 1.54) is 24.0 Å². The summed E-state index contributed by atoms with van der Waals surface area (Å²) < 4.78 is 0. The van der Waals surface area contributed by atoms with E-state index in [1.54, 1.807) is 0 Å². The molecule has 1 saturated heterocycles. The lowest BCUT2D eigenvalue weighted by Crippen LogP contribution is -2.54. The van der Waals surface area contributed by atoms with Gasteiger partial charge in [-0.2, -0.15) is 0 Å². The molecule has 0 amide bonds. The number of nitrogens with one attached hydrogen (secondary N) is 1. The van der Waals surface area contributed by atoms with Gasteiger partial charge in [0, 0.05) is 36.7 Å². The van der Waals surface area contributed by atoms with E-state index in [4.69, 9.17) is 11.6 Å². The highest BCUT2D eigenvalue weighted by molar-refractivity contribution is 6.31. The summed E-state index contributed by atoms with van der Waals surface area (Å²) in [6.45, 7) is 9.77. The second-order valence-electron chi connectivity index (χ2n) is 5.78. The maximum atomic E-state index is 6.37. The van der Waals surface area contributed by atoms with E-state index >= 15 is 0 Å². The van der Waals surface area contributed by atoms with Crippen LogP contribution in [0.4, 0.5) is 0 Å². The summed E-state index contributed by atoms with van der Waals surface area (Å²) in [4.78, 5) is 2.58. The van der Waals surface area contributed by atoms with E-state index < -0.39 is 0 Å². The molecule has 0 aliphatic carbocycles. The van der Waals surface area contributed by atoms with Crippen LogP contribution in [0.5, 0.6) is 0 Å². The third-order valence-corrected chi connectivity index (χ3v) is 4.28. The molecule has 0 radical (unpaired) electrons. The molecule has 0 spiro atoms. The zero-order valence-corrected chi connectivity index (χ0v) is 13.0. The van der Waals surface area contributed by atoms with Crippen LogP contribution in [-0.4, -0.2) is 30.1 Å². The SMILES string of the molecule is CCCC1CNC(C)CN1Cc1ccc(C)cc1Cl. The van der Waals surface area contributed by atoms with Crippen molar-refractivity contribution in [3.63, 3.8) is 0 Å². The van der Waals surface area contributed by atoms with Crippen molar-refractivity contribution in [2.24, 2.45) is 0 Å². The molecule has 2 atom stereocenters. The van der Waals surface area contributed by atoms with Gasteiger partial charge in [-0.05, 0) is 37.5 Å². The lowest BCUT2D eigenvalue weighted by atomic mass is 10.0. The molecule has 2 nitrogen and oxygen atoms in total. The molecule has 1 heterocycles. The molecule has 2 rings (SSSR count). The Morgan fingerprint density at radius 3 is 2.89 bits per heavy atom. The summed E-state index contributed by atoms with van der Waals surface area (Å²) in [6.07, 6.45) is 2.49. The number of benzene rings is 1. The van der Waals surface area contributed by atoms with Crippen molar-refractivity contribution in [3.8, 4) is 0 Å². The largest absolute Gasteiger partial charge is 0.311 e. The molecule has 0 saturated carbocycles. The monoisotopic (exact) mass is 280 g/mol. The van der Waals surface area contributed by atoms with Crippen LogP contribution in [0, 0.1) is 6.92 Å². The number of hydrogen-bond acceptors (Lipinski definition) is 2. The topological polar surface area (TPSA) is 15.3 Å². The fourth-order valence-corrected chi connectivity index (χ4v) is 3.14. The fraction of sp³-hybridized carbons (Fsp3) is 0.625. The Kier molecular flexibility index (Phi) is 5.26. The van der Waals surface area contributed by atoms with Crippen LogP contribution >= 0.6 is 11.6 Å². The highest BCUT2D eigenvalue weighted by Gasteiger charge is 2.25. The minimum Gasteiger partial charge on any atom is -0.311 e. The summed E-state index contributed by atoms with van der Waals surface area (Å²) in [7, 11) is 0. The highest BCUT2D eigenvalue weighted by atomic mass is 35.5. The van der Waals surface area contributed by atoms with Crippen molar-refractivity contribution in [2.45, 2.75) is 52.2 Å². The molecular formula is C16H25ClN2. The maximum absolute atomic E-state index is 6.37. The van der Waals surface area contributed by atoms with Crippen LogP contribution in [0.25, 0.3) is 0 Å². The van der Waals surface area contributed by atoms with Gasteiger partial charge in [-0.15, -0.1) is 0 Å². The van der Waals surface area contributed by atoms with E-state index in [-0.39, 0.29) is 0 Å². The normalized spacial score (nSPS) is 24.6. The number of aryl methyl sites for hydroxylation is 1. The standard InChI is InChI=1S/C16H25ClN2/c1-4-5-15-9-18-13(3)10-19(15)11-14-7-6-12(2)8-16(14)17/h6-8,13,15,18H,4-5,9-11H2,1-3H3. The predicted octanol–water partition coefficient (Wildman–Crippen LogP) is 3.61. The zero-order chi connectivity index (χ0) is 13.8. The second-order valence-corrected chi connectivity index (χ2v) is 6.18. The van der Waals surface area contributed by atoms with Gasteiger partial charge in [-0.1, -0.05) is 37.1 Å². The van der Waals surface area contributed by atoms with E-state index in [9.17, 15) is 0 Å². The minimum atomic E-state index is 0.567. The molecule has 106 valence electrons. The first kappa shape index (κ1) is 14.8. The van der Waals surface area contributed by atoms with Crippen LogP contribution in [0.1, 0.15) is 37.8 Å². The molecule has 19 heavy (non-hydrogen) atoms. The van der Waals surface area contributed by atoms with Crippen LogP contribution in [0.2, 0.25) is 5.02 Å². The molecule has 3 heteroatoms. The van der Waals surface area contributed by atoms with Crippen molar-refractivity contribution in [3.05, 3.63) is 34.3 Å². The van der Waals surface area contributed by atoms with Crippen molar-refractivity contribution in [1.82, 2.24) is 10.2 Å². The predicted molar refractivity (Wildman–Crippen MR) is 82.8 cm³/mol. The van der Waals surface area contributed by atoms with Crippen LogP contribution in [0.15, 0.2) is 18.2 Å². The van der Waals surface area contributed by atoms with Crippen LogP contribution in [-0.2, 0) is 6.54 Å². The van der Waals surface area contributed by atoms with Crippen molar-refractivity contribution in [1.29, 1.82) is 0 Å². The molecule has 1 aliphatic heterocycles. The van der Waals surface area contributed by atoms with Gasteiger partial charge in [0.2, 0.25) is 0 Å². The van der Waals surface area contributed by atoms with Crippen LogP contribution in [0.3, 0.4) is 0 Å². The van der Waals surface area contributed by atoms with Gasteiger partial charge in [-0.25, -0.2) is 0 Å². The van der Waals surface area contributed by atoms with Gasteiger partial charge < -0.3 is 5.32 Å². The minimum absolute atomic E-state index is 0.567. The van der Waals surface area contributed by atoms with Gasteiger partial charge in [0.25, 0.3) is 0 Å². The van der Waals surface area contributed by atoms with E-state index in [1.807, 2.05) is 0 Å². The fourth-order valence-electron chi connectivity index (χ4n) is 2.84. The molecule has 1 fully saturated rings. The lowest BCUT2D eigenvalue weighted by molar-refractivity contribution is 0.120. The van der Waals surface area contributed by atoms with Gasteiger partial charge in [0.15, 0.2) is 0 Å². The maximum Gasteiger partial charge on any atom is 0.0453 e. The molecule has 0 aromatic heterocycles. The lowest BCUT2D eigenvalue weighted by Gasteiger charge is -2.39. The summed E-state index contributed by atoms with van der Waals surface area (Å²) >= 11 is 6.37. The summed E-state index contributed by atoms with van der Waals surface area (Å²) in [5.74, 6) is 0. The number of hydrogen-bond donors (Lipinski definition) is 1. The van der Waals surface area contributed by atoms with Gasteiger partial charge >= 0.3 is 0 Å². The first-order valence-corrected chi connectivity index (χ1v) is 7.70. The summed E-state index contributed by atoms with van der Waals surface area (Å²) in [6, 6.07) is 7.60. The average Bonchev–Trinajstić information content (AvgIpc) is 2.36. The summed E-state index contributed by atoms with van der Waals surface area (Å²) in [5.41, 5.74) is 2.48. The van der Waals surface area contributed by atoms with Gasteiger partial charge in [0.05, 0.1) is 0 Å². The third-order valence-electron chi connectivity index (χ3n) is 3.93. The van der Waals surface area contributed by atoms with Crippen molar-refractivity contribution < 1.29 is 0 Å². The Morgan fingerprint density at radius 2 is 2.21 bits per heavy atom. The number of nitrogens with zero attached hydrogens (tertiary/aromatic N) is 1. The molecule has 2 unspecified atom stereocenters. The Balaban J connectivity index is 2.09. The summed E-state index contributed by atoms with van der Waals surface area (Å²) in [5, 5.41) is 4.49. The number of rotatable bonds is 4. The quantitative estimate of drug-likeness (QED) is 0.906. The molecule has 1 aromatic rings. The Bertz CT molecular complexity index is 419. The van der Waals surface area contributed by atoms with E-state index in [0.717, 1.165) is 24.7 Å². The number of piperazine rings is 1. The van der Waals surface area contributed by atoms with Gasteiger partial charge in [0.1, 0.15) is 0 Å². The molecule has 1 aromatic carbocycles. The first-order chi connectivity index (χ1) is 9.10. The third kappa shape index (κ3) is 3.95. The van der Waals surface area contributed by atoms with E-state index in [2.05, 4.69) is 49.2 Å². The molecule has 1 N–H and O–H groups in total. The van der Waals surface area contributed by atoms with Crippen molar-refractivity contribution >= 4 is 11.6 Å². The molecular weight excluding hydrogens is 256 g/mol. The van der Waals surface area contributed by atoms with Crippen molar-refractivity contribution in [2.75, 3.05) is 13.1 Å². The smallest absolute Gasteiger partial charge is 0.0453 e. The average molecular weight is 281 g/mol. The van der Waals surface area contributed by atoms with Crippen LogP contribution < -0.4 is 5.32 Å². The highest BCUT2D eigenvalue weighted by Crippen LogP contribution is 2.22. The molecule has 0 bridgehead atoms. The molecule has 1 aliphatic rings. The zero-order valence-electron chi connectivity index (χ0n) is 12.2. The Labute approximate surface area is 122 Å². The van der Waals surface area contributed by atoms with Gasteiger partial charge in [-0.3, -0.25) is 4.90 Å².